The molecule has 2 heterocycles. The standard InChI is InChI=1S/C17H16Cl2N4O/c18-14-4-1-5-15(19)13(14)10-16-21-17(23(22-16)7-8-24)9-12-3-2-6-20-11-12/h1-6,11,24H,7-10H2. The van der Waals surface area contributed by atoms with Gasteiger partial charge >= 0.3 is 0 Å². The summed E-state index contributed by atoms with van der Waals surface area (Å²) in [5, 5.41) is 14.9. The van der Waals surface area contributed by atoms with Gasteiger partial charge in [0, 0.05) is 35.3 Å². The Morgan fingerprint density at radius 1 is 1.04 bits per heavy atom. The molecule has 0 unspecified atom stereocenters. The van der Waals surface area contributed by atoms with E-state index in [0.29, 0.717) is 35.3 Å². The second kappa shape index (κ2) is 7.75. The molecular formula is C17H16Cl2N4O. The number of rotatable bonds is 6. The highest BCUT2D eigenvalue weighted by Gasteiger charge is 2.14. The summed E-state index contributed by atoms with van der Waals surface area (Å²) < 4.78 is 1.72. The van der Waals surface area contributed by atoms with E-state index in [1.807, 2.05) is 12.1 Å². The normalized spacial score (nSPS) is 11.0. The van der Waals surface area contributed by atoms with Gasteiger partial charge in [-0.05, 0) is 29.3 Å². The van der Waals surface area contributed by atoms with Gasteiger partial charge in [-0.1, -0.05) is 35.3 Å². The first-order valence-electron chi connectivity index (χ1n) is 7.52. The highest BCUT2D eigenvalue weighted by Crippen LogP contribution is 2.26. The van der Waals surface area contributed by atoms with Crippen LogP contribution in [0.2, 0.25) is 10.0 Å². The van der Waals surface area contributed by atoms with E-state index in [-0.39, 0.29) is 6.61 Å². The first-order chi connectivity index (χ1) is 11.7. The maximum atomic E-state index is 9.25. The topological polar surface area (TPSA) is 63.8 Å². The van der Waals surface area contributed by atoms with Gasteiger partial charge in [-0.25, -0.2) is 9.67 Å². The quantitative estimate of drug-likeness (QED) is 0.731. The Morgan fingerprint density at radius 2 is 1.83 bits per heavy atom. The summed E-state index contributed by atoms with van der Waals surface area (Å²) >= 11 is 12.4. The second-order valence-electron chi connectivity index (χ2n) is 5.31. The minimum absolute atomic E-state index is 0.00428. The molecule has 3 rings (SSSR count). The van der Waals surface area contributed by atoms with E-state index in [4.69, 9.17) is 23.2 Å². The van der Waals surface area contributed by atoms with Crippen molar-refractivity contribution < 1.29 is 5.11 Å². The van der Waals surface area contributed by atoms with Gasteiger partial charge in [0.1, 0.15) is 5.82 Å². The van der Waals surface area contributed by atoms with Crippen molar-refractivity contribution in [3.05, 3.63) is 75.5 Å². The van der Waals surface area contributed by atoms with Gasteiger partial charge in [-0.3, -0.25) is 4.98 Å². The molecule has 24 heavy (non-hydrogen) atoms. The van der Waals surface area contributed by atoms with Crippen LogP contribution in [-0.2, 0) is 19.4 Å². The van der Waals surface area contributed by atoms with Crippen LogP contribution in [0.4, 0.5) is 0 Å². The molecule has 1 N–H and O–H groups in total. The van der Waals surface area contributed by atoms with E-state index in [9.17, 15) is 5.11 Å². The molecule has 0 amide bonds. The van der Waals surface area contributed by atoms with Crippen LogP contribution >= 0.6 is 23.2 Å². The third kappa shape index (κ3) is 3.93. The van der Waals surface area contributed by atoms with Gasteiger partial charge < -0.3 is 5.11 Å². The molecule has 0 aliphatic carbocycles. The number of benzene rings is 1. The number of aliphatic hydroxyl groups is 1. The molecule has 0 radical (unpaired) electrons. The molecule has 5 nitrogen and oxygen atoms in total. The van der Waals surface area contributed by atoms with Crippen molar-refractivity contribution in [1.82, 2.24) is 19.7 Å². The summed E-state index contributed by atoms with van der Waals surface area (Å²) in [6.45, 7) is 0.383. The Morgan fingerprint density at radius 3 is 2.50 bits per heavy atom. The van der Waals surface area contributed by atoms with Crippen LogP contribution in [0.25, 0.3) is 0 Å². The van der Waals surface area contributed by atoms with Crippen LogP contribution in [0.5, 0.6) is 0 Å². The summed E-state index contributed by atoms with van der Waals surface area (Å²) in [4.78, 5) is 8.71. The minimum Gasteiger partial charge on any atom is -0.394 e. The van der Waals surface area contributed by atoms with Gasteiger partial charge in [0.15, 0.2) is 5.82 Å². The molecule has 0 bridgehead atoms. The lowest BCUT2D eigenvalue weighted by Crippen LogP contribution is -2.09. The third-order valence-corrected chi connectivity index (χ3v) is 4.29. The Labute approximate surface area is 149 Å². The van der Waals surface area contributed by atoms with Crippen LogP contribution in [0.3, 0.4) is 0 Å². The van der Waals surface area contributed by atoms with Crippen molar-refractivity contribution in [1.29, 1.82) is 0 Å². The van der Waals surface area contributed by atoms with E-state index in [0.717, 1.165) is 17.0 Å². The zero-order valence-electron chi connectivity index (χ0n) is 12.9. The van der Waals surface area contributed by atoms with Crippen LogP contribution in [0.15, 0.2) is 42.7 Å². The largest absolute Gasteiger partial charge is 0.394 e. The van der Waals surface area contributed by atoms with Crippen LogP contribution < -0.4 is 0 Å². The molecule has 0 aliphatic heterocycles. The molecule has 7 heteroatoms. The molecule has 124 valence electrons. The van der Waals surface area contributed by atoms with Crippen LogP contribution in [0, 0.1) is 0 Å². The molecular weight excluding hydrogens is 347 g/mol. The number of aromatic nitrogens is 4. The third-order valence-electron chi connectivity index (χ3n) is 3.59. The minimum atomic E-state index is -0.00428. The second-order valence-corrected chi connectivity index (χ2v) is 6.12. The molecule has 2 aromatic heterocycles. The van der Waals surface area contributed by atoms with E-state index >= 15 is 0 Å². The summed E-state index contributed by atoms with van der Waals surface area (Å²) in [5.41, 5.74) is 1.83. The maximum Gasteiger partial charge on any atom is 0.155 e. The van der Waals surface area contributed by atoms with Gasteiger partial charge in [-0.15, -0.1) is 0 Å². The Kier molecular flexibility index (Phi) is 5.45. The van der Waals surface area contributed by atoms with Gasteiger partial charge in [0.05, 0.1) is 13.2 Å². The number of halogens is 2. The summed E-state index contributed by atoms with van der Waals surface area (Å²) in [7, 11) is 0. The van der Waals surface area contributed by atoms with Crippen molar-refractivity contribution in [3.8, 4) is 0 Å². The fourth-order valence-electron chi connectivity index (χ4n) is 2.45. The first-order valence-corrected chi connectivity index (χ1v) is 8.28. The fraction of sp³-hybridized carbons (Fsp3) is 0.235. The molecule has 3 aromatic rings. The van der Waals surface area contributed by atoms with E-state index in [1.165, 1.54) is 0 Å². The number of hydrogen-bond acceptors (Lipinski definition) is 4. The van der Waals surface area contributed by atoms with Crippen molar-refractivity contribution in [2.45, 2.75) is 19.4 Å². The van der Waals surface area contributed by atoms with Crippen molar-refractivity contribution in [2.75, 3.05) is 6.61 Å². The molecule has 1 aromatic carbocycles. The van der Waals surface area contributed by atoms with E-state index < -0.39 is 0 Å². The molecule has 0 saturated heterocycles. The number of nitrogens with zero attached hydrogens (tertiary/aromatic N) is 4. The molecule has 0 aliphatic rings. The number of aliphatic hydroxyl groups excluding tert-OH is 1. The molecule has 0 spiro atoms. The highest BCUT2D eigenvalue weighted by molar-refractivity contribution is 6.36. The Hall–Kier alpha value is -1.95. The SMILES string of the molecule is OCCn1nc(Cc2c(Cl)cccc2Cl)nc1Cc1cccnc1. The average molecular weight is 363 g/mol. The number of hydrogen-bond donors (Lipinski definition) is 1. The van der Waals surface area contributed by atoms with Crippen molar-refractivity contribution in [3.63, 3.8) is 0 Å². The molecule has 0 fully saturated rings. The fourth-order valence-corrected chi connectivity index (χ4v) is 2.98. The lowest BCUT2D eigenvalue weighted by atomic mass is 10.1. The molecule has 0 atom stereocenters. The van der Waals surface area contributed by atoms with Gasteiger partial charge in [0.2, 0.25) is 0 Å². The lowest BCUT2D eigenvalue weighted by Gasteiger charge is -2.03. The van der Waals surface area contributed by atoms with E-state index in [2.05, 4.69) is 15.1 Å². The monoisotopic (exact) mass is 362 g/mol. The lowest BCUT2D eigenvalue weighted by molar-refractivity contribution is 0.267. The van der Waals surface area contributed by atoms with Gasteiger partial charge in [-0.2, -0.15) is 5.10 Å². The van der Waals surface area contributed by atoms with Crippen LogP contribution in [-0.4, -0.2) is 31.5 Å². The molecule has 0 saturated carbocycles. The van der Waals surface area contributed by atoms with Crippen molar-refractivity contribution >= 4 is 23.2 Å². The Bertz CT molecular complexity index is 800. The zero-order valence-corrected chi connectivity index (χ0v) is 14.4. The average Bonchev–Trinajstić information content (AvgIpc) is 2.94. The Balaban J connectivity index is 1.88. The maximum absolute atomic E-state index is 9.25. The summed E-state index contributed by atoms with van der Waals surface area (Å²) in [6.07, 6.45) is 4.56. The van der Waals surface area contributed by atoms with Crippen molar-refractivity contribution in [2.24, 2.45) is 0 Å². The predicted octanol–water partition coefficient (Wildman–Crippen LogP) is 3.15. The zero-order chi connectivity index (χ0) is 16.9. The van der Waals surface area contributed by atoms with Gasteiger partial charge in [0.25, 0.3) is 0 Å². The summed E-state index contributed by atoms with van der Waals surface area (Å²) in [5.74, 6) is 1.40. The summed E-state index contributed by atoms with van der Waals surface area (Å²) in [6, 6.07) is 9.26. The number of pyridine rings is 1. The highest BCUT2D eigenvalue weighted by atomic mass is 35.5. The van der Waals surface area contributed by atoms with E-state index in [1.54, 1.807) is 35.3 Å². The predicted molar refractivity (Wildman–Crippen MR) is 93.4 cm³/mol. The first kappa shape index (κ1) is 16.9. The van der Waals surface area contributed by atoms with Crippen LogP contribution in [0.1, 0.15) is 22.8 Å². The smallest absolute Gasteiger partial charge is 0.155 e.